The summed E-state index contributed by atoms with van der Waals surface area (Å²) < 4.78 is 0. The fraction of sp³-hybridized carbons (Fsp3) is 0.500. The minimum Gasteiger partial charge on any atom is -0.405 e. The van der Waals surface area contributed by atoms with Gasteiger partial charge in [-0.2, -0.15) is 0 Å². The van der Waals surface area contributed by atoms with Crippen LogP contribution in [-0.2, 0) is 4.79 Å². The summed E-state index contributed by atoms with van der Waals surface area (Å²) in [5.74, 6) is 0. The highest BCUT2D eigenvalue weighted by Crippen LogP contribution is 1.68. The summed E-state index contributed by atoms with van der Waals surface area (Å²) in [5.41, 5.74) is 0. The third kappa shape index (κ3) is 3.96. The smallest absolute Gasteiger partial charge is 0.239 e. The molecule has 1 atom stereocenters. The van der Waals surface area contributed by atoms with E-state index in [9.17, 15) is 4.79 Å². The van der Waals surface area contributed by atoms with Crippen LogP contribution in [0.4, 0.5) is 0 Å². The molecule has 4 heteroatoms. The topological polar surface area (TPSA) is 29.1 Å². The van der Waals surface area contributed by atoms with Crippen LogP contribution < -0.4 is 5.23 Å². The number of nitrogens with one attached hydrogen (secondary N) is 1. The van der Waals surface area contributed by atoms with Gasteiger partial charge in [-0.15, -0.1) is 9.24 Å². The van der Waals surface area contributed by atoms with Crippen LogP contribution in [0.3, 0.4) is 0 Å². The van der Waals surface area contributed by atoms with Gasteiger partial charge in [-0.05, 0) is 6.06 Å². The molecule has 1 unspecified atom stereocenters. The van der Waals surface area contributed by atoms with Crippen molar-refractivity contribution >= 4 is 23.1 Å². The summed E-state index contributed by atoms with van der Waals surface area (Å²) in [6, 6.07) is 0.929. The molecule has 0 bridgehead atoms. The molecule has 0 aliphatic heterocycles. The van der Waals surface area contributed by atoms with Crippen LogP contribution in [0.25, 0.3) is 0 Å². The van der Waals surface area contributed by atoms with E-state index < -0.39 is 0 Å². The van der Waals surface area contributed by atoms with Gasteiger partial charge in [0.15, 0.2) is 6.41 Å². The van der Waals surface area contributed by atoms with Crippen LogP contribution in [0.15, 0.2) is 0 Å². The fourth-order valence-corrected chi connectivity index (χ4v) is 0.309. The molecule has 0 aromatic carbocycles. The summed E-state index contributed by atoms with van der Waals surface area (Å²) in [7, 11) is 3.27. The lowest BCUT2D eigenvalue weighted by Gasteiger charge is -1.82. The molecule has 0 aromatic rings. The first kappa shape index (κ1) is 5.96. The van der Waals surface area contributed by atoms with Crippen LogP contribution in [0, 0.1) is 0 Å². The molecular formula is C2H7BNOP. The first-order valence-corrected chi connectivity index (χ1v) is 2.60. The SMILES string of the molecule is O=CNBCP. The van der Waals surface area contributed by atoms with Crippen LogP contribution in [0.2, 0.25) is 0 Å². The van der Waals surface area contributed by atoms with Crippen molar-refractivity contribution in [3.05, 3.63) is 0 Å². The Kier molecular flexibility index (Phi) is 4.94. The van der Waals surface area contributed by atoms with Crippen molar-refractivity contribution < 1.29 is 4.79 Å². The zero-order chi connectivity index (χ0) is 4.83. The van der Waals surface area contributed by atoms with E-state index in [1.807, 2.05) is 0 Å². The van der Waals surface area contributed by atoms with Crippen molar-refractivity contribution in [3.63, 3.8) is 0 Å². The van der Waals surface area contributed by atoms with Gasteiger partial charge in [0.25, 0.3) is 0 Å². The Hall–Kier alpha value is -0.0351. The molecule has 0 rings (SSSR count). The average molecular weight is 103 g/mol. The van der Waals surface area contributed by atoms with Crippen molar-refractivity contribution in [2.75, 3.05) is 6.06 Å². The van der Waals surface area contributed by atoms with Crippen molar-refractivity contribution in [1.29, 1.82) is 0 Å². The maximum atomic E-state index is 9.44. The first-order valence-electron chi connectivity index (χ1n) is 1.79. The number of amides is 1. The molecule has 1 N–H and O–H groups in total. The van der Waals surface area contributed by atoms with Gasteiger partial charge in [0, 0.05) is 0 Å². The predicted molar refractivity (Wildman–Crippen MR) is 30.9 cm³/mol. The first-order chi connectivity index (χ1) is 2.91. The summed E-state index contributed by atoms with van der Waals surface area (Å²) in [6.07, 6.45) is 0.698. The van der Waals surface area contributed by atoms with Crippen molar-refractivity contribution in [3.8, 4) is 0 Å². The van der Waals surface area contributed by atoms with E-state index in [1.54, 1.807) is 0 Å². The lowest BCUT2D eigenvalue weighted by molar-refractivity contribution is -0.108. The number of rotatable bonds is 3. The highest BCUT2D eigenvalue weighted by Gasteiger charge is 1.75. The van der Waals surface area contributed by atoms with Gasteiger partial charge in [0.1, 0.15) is 0 Å². The second kappa shape index (κ2) is 4.96. The Morgan fingerprint density at radius 1 is 2.00 bits per heavy atom. The lowest BCUT2D eigenvalue weighted by Crippen LogP contribution is -2.17. The monoisotopic (exact) mass is 103 g/mol. The van der Waals surface area contributed by atoms with E-state index in [1.165, 1.54) is 0 Å². The zero-order valence-corrected chi connectivity index (χ0v) is 4.63. The Morgan fingerprint density at radius 2 is 2.67 bits per heavy atom. The Balaban J connectivity index is 2.49. The highest BCUT2D eigenvalue weighted by molar-refractivity contribution is 7.20. The minimum atomic E-state index is 0.698. The molecular weight excluding hydrogens is 95.8 g/mol. The molecule has 0 aromatic heterocycles. The Morgan fingerprint density at radius 3 is 2.83 bits per heavy atom. The van der Waals surface area contributed by atoms with E-state index in [-0.39, 0.29) is 0 Å². The van der Waals surface area contributed by atoms with Crippen molar-refractivity contribution in [2.45, 2.75) is 0 Å². The predicted octanol–water partition coefficient (Wildman–Crippen LogP) is -1.08. The summed E-state index contributed by atoms with van der Waals surface area (Å²) in [4.78, 5) is 9.44. The molecule has 0 heterocycles. The van der Waals surface area contributed by atoms with E-state index >= 15 is 0 Å². The molecule has 0 spiro atoms. The molecule has 0 aliphatic rings. The molecule has 0 radical (unpaired) electrons. The minimum absolute atomic E-state index is 0.698. The third-order valence-corrected chi connectivity index (χ3v) is 0.661. The maximum absolute atomic E-state index is 9.44. The van der Waals surface area contributed by atoms with Gasteiger partial charge in [0.05, 0.1) is 0 Å². The second-order valence-electron chi connectivity index (χ2n) is 0.861. The van der Waals surface area contributed by atoms with E-state index in [0.29, 0.717) is 6.41 Å². The van der Waals surface area contributed by atoms with Crippen LogP contribution >= 0.6 is 9.24 Å². The molecule has 6 heavy (non-hydrogen) atoms. The summed E-state index contributed by atoms with van der Waals surface area (Å²) in [6.45, 7) is 0. The van der Waals surface area contributed by atoms with Crippen LogP contribution in [0.1, 0.15) is 0 Å². The highest BCUT2D eigenvalue weighted by atomic mass is 31.0. The standard InChI is InChI=1S/C2H7BNOP/c5-2-4-3-1-6/h2-3H,1,6H2,(H,4,5). The van der Waals surface area contributed by atoms with Gasteiger partial charge >= 0.3 is 0 Å². The normalized spacial score (nSPS) is 6.83. The average Bonchev–Trinajstić information content (AvgIpc) is 1.61. The number of carbonyl (C=O) groups is 1. The summed E-state index contributed by atoms with van der Waals surface area (Å²) in [5, 5.41) is 2.50. The van der Waals surface area contributed by atoms with Gasteiger partial charge in [-0.3, -0.25) is 4.79 Å². The van der Waals surface area contributed by atoms with E-state index in [0.717, 1.165) is 13.5 Å². The quantitative estimate of drug-likeness (QED) is 0.209. The second-order valence-corrected chi connectivity index (χ2v) is 1.44. The van der Waals surface area contributed by atoms with Gasteiger partial charge in [-0.1, -0.05) is 0 Å². The lowest BCUT2D eigenvalue weighted by atomic mass is 10.0. The Labute approximate surface area is 40.2 Å². The van der Waals surface area contributed by atoms with Gasteiger partial charge in [0.2, 0.25) is 7.41 Å². The number of carbonyl (C=O) groups excluding carboxylic acids is 1. The van der Waals surface area contributed by atoms with Crippen LogP contribution in [-0.4, -0.2) is 19.9 Å². The van der Waals surface area contributed by atoms with Crippen molar-refractivity contribution in [2.24, 2.45) is 0 Å². The van der Waals surface area contributed by atoms with Crippen molar-refractivity contribution in [1.82, 2.24) is 5.23 Å². The molecule has 34 valence electrons. The molecule has 2 nitrogen and oxygen atoms in total. The molecule has 0 fully saturated rings. The summed E-state index contributed by atoms with van der Waals surface area (Å²) >= 11 is 0. The van der Waals surface area contributed by atoms with E-state index in [4.69, 9.17) is 0 Å². The number of hydrogen-bond donors (Lipinski definition) is 1. The largest absolute Gasteiger partial charge is 0.405 e. The maximum Gasteiger partial charge on any atom is 0.239 e. The fourth-order valence-electron chi connectivity index (χ4n) is 0.142. The van der Waals surface area contributed by atoms with E-state index in [2.05, 4.69) is 14.5 Å². The Bertz CT molecular complexity index is 42.5. The molecule has 0 aliphatic carbocycles. The molecule has 0 saturated heterocycles. The van der Waals surface area contributed by atoms with Gasteiger partial charge < -0.3 is 5.23 Å². The molecule has 0 saturated carbocycles. The number of hydrogen-bond acceptors (Lipinski definition) is 1. The third-order valence-electron chi connectivity index (χ3n) is 0.372. The van der Waals surface area contributed by atoms with Gasteiger partial charge in [-0.25, -0.2) is 0 Å². The molecule has 1 amide bonds. The zero-order valence-electron chi connectivity index (χ0n) is 3.48. The van der Waals surface area contributed by atoms with Crippen LogP contribution in [0.5, 0.6) is 0 Å².